The summed E-state index contributed by atoms with van der Waals surface area (Å²) in [7, 11) is 0. The molecule has 0 saturated carbocycles. The number of rotatable bonds is 6. The van der Waals surface area contributed by atoms with Gasteiger partial charge < -0.3 is 19.8 Å². The molecule has 1 saturated heterocycles. The Bertz CT molecular complexity index is 973. The van der Waals surface area contributed by atoms with E-state index in [1.807, 2.05) is 36.4 Å². The fourth-order valence-corrected chi connectivity index (χ4v) is 3.71. The van der Waals surface area contributed by atoms with Crippen LogP contribution in [0.2, 0.25) is 0 Å². The van der Waals surface area contributed by atoms with Crippen molar-refractivity contribution in [3.05, 3.63) is 54.9 Å². The van der Waals surface area contributed by atoms with Crippen LogP contribution in [0.1, 0.15) is 12.8 Å². The highest BCUT2D eigenvalue weighted by atomic mass is 19.1. The minimum absolute atomic E-state index is 0.138. The zero-order valence-electron chi connectivity index (χ0n) is 16.2. The fraction of sp³-hybridized carbons (Fsp3) is 0.348. The van der Waals surface area contributed by atoms with Crippen molar-refractivity contribution in [2.24, 2.45) is 0 Å². The number of nitrogens with zero attached hydrogens (tertiary/aromatic N) is 2. The molecular weight excluding hydrogens is 371 g/mol. The average Bonchev–Trinajstić information content (AvgIpc) is 2.73. The van der Waals surface area contributed by atoms with Gasteiger partial charge in [0.05, 0.1) is 6.20 Å². The van der Waals surface area contributed by atoms with Crippen molar-refractivity contribution in [3.8, 4) is 22.6 Å². The smallest absolute Gasteiger partial charge is 0.134 e. The van der Waals surface area contributed by atoms with Crippen LogP contribution in [0.5, 0.6) is 11.5 Å². The van der Waals surface area contributed by atoms with Crippen LogP contribution in [0.15, 0.2) is 54.9 Å². The number of benzene rings is 2. The third-order valence-corrected chi connectivity index (χ3v) is 5.30. The van der Waals surface area contributed by atoms with Gasteiger partial charge in [-0.1, -0.05) is 18.2 Å². The number of aromatic nitrogens is 1. The lowest BCUT2D eigenvalue weighted by Crippen LogP contribution is -2.41. The maximum atomic E-state index is 13.2. The molecular formula is C23H25FN2O3. The molecule has 0 radical (unpaired) electrons. The van der Waals surface area contributed by atoms with Gasteiger partial charge in [0.1, 0.15) is 30.4 Å². The highest BCUT2D eigenvalue weighted by Crippen LogP contribution is 2.28. The van der Waals surface area contributed by atoms with E-state index in [0.29, 0.717) is 38.2 Å². The van der Waals surface area contributed by atoms with Crippen molar-refractivity contribution in [1.29, 1.82) is 0 Å². The molecule has 1 atom stereocenters. The minimum Gasteiger partial charge on any atom is -0.506 e. The normalized spacial score (nSPS) is 16.8. The number of β-amino-alcohol motifs (C(OH)–C–C–N with tert-alkyl or cyclic N) is 1. The first-order valence-electron chi connectivity index (χ1n) is 9.92. The molecule has 1 aliphatic rings. The number of hydrogen-bond donors (Lipinski definition) is 2. The highest BCUT2D eigenvalue weighted by Gasteiger charge is 2.20. The highest BCUT2D eigenvalue weighted by molar-refractivity contribution is 5.88. The summed E-state index contributed by atoms with van der Waals surface area (Å²) in [5.74, 6) is 0.838. The van der Waals surface area contributed by atoms with Gasteiger partial charge in [0, 0.05) is 31.4 Å². The Kier molecular flexibility index (Phi) is 5.92. The second-order valence-corrected chi connectivity index (χ2v) is 7.60. The van der Waals surface area contributed by atoms with Crippen molar-refractivity contribution in [2.75, 3.05) is 26.2 Å². The Labute approximate surface area is 169 Å². The SMILES string of the molecule is Oc1cncc(-c2ccc3cc(OCC(O)CN4CCC(F)CC4)ccc3c2)c1. The number of alkyl halides is 1. The molecule has 4 rings (SSSR count). The largest absolute Gasteiger partial charge is 0.506 e. The van der Waals surface area contributed by atoms with Crippen molar-refractivity contribution < 1.29 is 19.3 Å². The summed E-state index contributed by atoms with van der Waals surface area (Å²) >= 11 is 0. The molecule has 3 aromatic rings. The molecule has 1 aromatic heterocycles. The third-order valence-electron chi connectivity index (χ3n) is 5.30. The second-order valence-electron chi connectivity index (χ2n) is 7.60. The second kappa shape index (κ2) is 8.76. The van der Waals surface area contributed by atoms with E-state index in [-0.39, 0.29) is 12.4 Å². The maximum Gasteiger partial charge on any atom is 0.134 e. The Balaban J connectivity index is 1.38. The number of fused-ring (bicyclic) bond motifs is 1. The van der Waals surface area contributed by atoms with E-state index in [0.717, 1.165) is 21.9 Å². The Hall–Kier alpha value is -2.70. The van der Waals surface area contributed by atoms with Crippen LogP contribution in [-0.4, -0.2) is 58.6 Å². The van der Waals surface area contributed by atoms with Crippen molar-refractivity contribution >= 4 is 10.8 Å². The van der Waals surface area contributed by atoms with Crippen LogP contribution in [-0.2, 0) is 0 Å². The Morgan fingerprint density at radius 1 is 1.03 bits per heavy atom. The third kappa shape index (κ3) is 5.02. The summed E-state index contributed by atoms with van der Waals surface area (Å²) in [6, 6.07) is 13.5. The van der Waals surface area contributed by atoms with Crippen LogP contribution < -0.4 is 4.74 Å². The van der Waals surface area contributed by atoms with Gasteiger partial charge in [0.15, 0.2) is 0 Å². The number of likely N-dealkylation sites (tertiary alicyclic amines) is 1. The predicted octanol–water partition coefficient (Wildman–Crippen LogP) is 3.78. The zero-order valence-corrected chi connectivity index (χ0v) is 16.2. The molecule has 0 amide bonds. The molecule has 0 aliphatic carbocycles. The number of hydrogen-bond acceptors (Lipinski definition) is 5. The molecule has 1 aliphatic heterocycles. The standard InChI is InChI=1S/C23H25FN2O3/c24-20-5-7-26(8-6-20)14-22(28)15-29-23-4-3-16-9-17(1-2-18(16)11-23)19-10-21(27)13-25-12-19/h1-4,9-13,20,22,27-28H,5-8,14-15H2. The van der Waals surface area contributed by atoms with Gasteiger partial charge in [-0.2, -0.15) is 0 Å². The Morgan fingerprint density at radius 3 is 2.59 bits per heavy atom. The fourth-order valence-electron chi connectivity index (χ4n) is 3.71. The van der Waals surface area contributed by atoms with E-state index in [2.05, 4.69) is 9.88 Å². The van der Waals surface area contributed by atoms with E-state index in [9.17, 15) is 14.6 Å². The average molecular weight is 396 g/mol. The molecule has 2 heterocycles. The number of piperidine rings is 1. The first-order valence-corrected chi connectivity index (χ1v) is 9.92. The summed E-state index contributed by atoms with van der Waals surface area (Å²) in [6.07, 6.45) is 2.89. The molecule has 2 aromatic carbocycles. The lowest BCUT2D eigenvalue weighted by atomic mass is 10.0. The van der Waals surface area contributed by atoms with E-state index >= 15 is 0 Å². The lowest BCUT2D eigenvalue weighted by molar-refractivity contribution is 0.0508. The summed E-state index contributed by atoms with van der Waals surface area (Å²) in [5, 5.41) is 21.9. The van der Waals surface area contributed by atoms with E-state index in [1.165, 1.54) is 6.20 Å². The van der Waals surface area contributed by atoms with Gasteiger partial charge in [-0.15, -0.1) is 0 Å². The summed E-state index contributed by atoms with van der Waals surface area (Å²) in [5.41, 5.74) is 1.83. The summed E-state index contributed by atoms with van der Waals surface area (Å²) < 4.78 is 19.0. The van der Waals surface area contributed by atoms with Crippen LogP contribution in [0.4, 0.5) is 4.39 Å². The zero-order chi connectivity index (χ0) is 20.2. The Morgan fingerprint density at radius 2 is 1.79 bits per heavy atom. The topological polar surface area (TPSA) is 65.8 Å². The number of halogens is 1. The number of aromatic hydroxyl groups is 1. The summed E-state index contributed by atoms with van der Waals surface area (Å²) in [4.78, 5) is 6.11. The van der Waals surface area contributed by atoms with E-state index in [4.69, 9.17) is 4.74 Å². The molecule has 2 N–H and O–H groups in total. The van der Waals surface area contributed by atoms with Crippen molar-refractivity contribution in [1.82, 2.24) is 9.88 Å². The van der Waals surface area contributed by atoms with E-state index < -0.39 is 12.3 Å². The number of pyridine rings is 1. The molecule has 1 fully saturated rings. The molecule has 29 heavy (non-hydrogen) atoms. The van der Waals surface area contributed by atoms with E-state index in [1.54, 1.807) is 12.3 Å². The van der Waals surface area contributed by atoms with Crippen LogP contribution in [0.25, 0.3) is 21.9 Å². The summed E-state index contributed by atoms with van der Waals surface area (Å²) in [6.45, 7) is 2.08. The minimum atomic E-state index is -0.707. The van der Waals surface area contributed by atoms with Crippen molar-refractivity contribution in [2.45, 2.75) is 25.1 Å². The van der Waals surface area contributed by atoms with Gasteiger partial charge in [-0.25, -0.2) is 4.39 Å². The van der Waals surface area contributed by atoms with Gasteiger partial charge in [-0.05, 0) is 53.4 Å². The first-order chi connectivity index (χ1) is 14.1. The van der Waals surface area contributed by atoms with Gasteiger partial charge >= 0.3 is 0 Å². The van der Waals surface area contributed by atoms with Crippen LogP contribution >= 0.6 is 0 Å². The molecule has 5 nitrogen and oxygen atoms in total. The van der Waals surface area contributed by atoms with Crippen LogP contribution in [0, 0.1) is 0 Å². The predicted molar refractivity (Wildman–Crippen MR) is 111 cm³/mol. The molecule has 6 heteroatoms. The molecule has 1 unspecified atom stereocenters. The first kappa shape index (κ1) is 19.6. The lowest BCUT2D eigenvalue weighted by Gasteiger charge is -2.30. The van der Waals surface area contributed by atoms with Gasteiger partial charge in [0.25, 0.3) is 0 Å². The maximum absolute atomic E-state index is 13.2. The molecule has 0 spiro atoms. The molecule has 152 valence electrons. The van der Waals surface area contributed by atoms with Crippen LogP contribution in [0.3, 0.4) is 0 Å². The van der Waals surface area contributed by atoms with Gasteiger partial charge in [0.2, 0.25) is 0 Å². The molecule has 0 bridgehead atoms. The monoisotopic (exact) mass is 396 g/mol. The van der Waals surface area contributed by atoms with Crippen molar-refractivity contribution in [3.63, 3.8) is 0 Å². The number of aliphatic hydroxyl groups is 1. The number of ether oxygens (including phenoxy) is 1. The number of aliphatic hydroxyl groups excluding tert-OH is 1. The van der Waals surface area contributed by atoms with Gasteiger partial charge in [-0.3, -0.25) is 4.98 Å². The quantitative estimate of drug-likeness (QED) is 0.664.